The molecule has 1 fully saturated rings. The molecule has 0 aromatic carbocycles. The number of carbonyl (C=O) groups excluding carboxylic acids is 1. The molecule has 1 aliphatic carbocycles. The zero-order valence-electron chi connectivity index (χ0n) is 9.72. The second-order valence-corrected chi connectivity index (χ2v) is 5.85. The maximum Gasteiger partial charge on any atom is 0.132 e. The molecule has 1 heterocycles. The molecule has 0 N–H and O–H groups in total. The number of aryl methyl sites for hydroxylation is 1. The maximum absolute atomic E-state index is 11.3. The Bertz CT molecular complexity index is 379. The largest absolute Gasteiger partial charge is 0.300 e. The summed E-state index contributed by atoms with van der Waals surface area (Å²) in [5.41, 5.74) is 3.10. The summed E-state index contributed by atoms with van der Waals surface area (Å²) in [6.45, 7) is 6.70. The molecule has 1 aromatic heterocycles. The SMILES string of the molecule is Cc1csc(C2(C)CCC(=O)CC2)c1C. The summed E-state index contributed by atoms with van der Waals surface area (Å²) < 4.78 is 0. The molecule has 0 bridgehead atoms. The molecule has 2 rings (SSSR count). The lowest BCUT2D eigenvalue weighted by molar-refractivity contribution is -0.121. The van der Waals surface area contributed by atoms with Crippen molar-refractivity contribution in [2.24, 2.45) is 0 Å². The number of carbonyl (C=O) groups is 1. The van der Waals surface area contributed by atoms with Gasteiger partial charge in [0.2, 0.25) is 0 Å². The van der Waals surface area contributed by atoms with Crippen LogP contribution in [0.25, 0.3) is 0 Å². The van der Waals surface area contributed by atoms with Crippen molar-refractivity contribution >= 4 is 17.1 Å². The number of thiophene rings is 1. The maximum atomic E-state index is 11.3. The molecule has 0 saturated heterocycles. The lowest BCUT2D eigenvalue weighted by atomic mass is 9.73. The molecule has 1 aliphatic rings. The summed E-state index contributed by atoms with van der Waals surface area (Å²) in [5, 5.41) is 2.24. The predicted octanol–water partition coefficient (Wildman–Crippen LogP) is 3.77. The van der Waals surface area contributed by atoms with Gasteiger partial charge in [0.15, 0.2) is 0 Å². The van der Waals surface area contributed by atoms with E-state index in [-0.39, 0.29) is 5.41 Å². The minimum Gasteiger partial charge on any atom is -0.300 e. The van der Waals surface area contributed by atoms with Gasteiger partial charge in [0.25, 0.3) is 0 Å². The molecule has 0 unspecified atom stereocenters. The Morgan fingerprint density at radius 2 is 1.87 bits per heavy atom. The third-order valence-corrected chi connectivity index (χ3v) is 5.25. The van der Waals surface area contributed by atoms with Gasteiger partial charge in [-0.1, -0.05) is 6.92 Å². The second kappa shape index (κ2) is 3.75. The van der Waals surface area contributed by atoms with E-state index in [1.807, 2.05) is 11.3 Å². The Kier molecular flexibility index (Phi) is 2.72. The number of hydrogen-bond acceptors (Lipinski definition) is 2. The van der Waals surface area contributed by atoms with Crippen molar-refractivity contribution in [3.8, 4) is 0 Å². The van der Waals surface area contributed by atoms with Gasteiger partial charge >= 0.3 is 0 Å². The summed E-state index contributed by atoms with van der Waals surface area (Å²) in [6.07, 6.45) is 3.61. The van der Waals surface area contributed by atoms with Crippen molar-refractivity contribution in [2.75, 3.05) is 0 Å². The zero-order valence-corrected chi connectivity index (χ0v) is 10.5. The molecule has 0 spiro atoms. The van der Waals surface area contributed by atoms with Gasteiger partial charge in [-0.05, 0) is 43.2 Å². The highest BCUT2D eigenvalue weighted by atomic mass is 32.1. The Balaban J connectivity index is 2.30. The van der Waals surface area contributed by atoms with E-state index < -0.39 is 0 Å². The molecule has 1 nitrogen and oxygen atoms in total. The van der Waals surface area contributed by atoms with Gasteiger partial charge in [-0.15, -0.1) is 11.3 Å². The fourth-order valence-electron chi connectivity index (χ4n) is 2.41. The Labute approximate surface area is 95.5 Å². The van der Waals surface area contributed by atoms with Crippen molar-refractivity contribution in [3.63, 3.8) is 0 Å². The topological polar surface area (TPSA) is 17.1 Å². The zero-order chi connectivity index (χ0) is 11.1. The van der Waals surface area contributed by atoms with Gasteiger partial charge in [0.1, 0.15) is 5.78 Å². The van der Waals surface area contributed by atoms with E-state index in [9.17, 15) is 4.79 Å². The van der Waals surface area contributed by atoms with Crippen molar-refractivity contribution in [2.45, 2.75) is 51.9 Å². The molecular weight excluding hydrogens is 204 g/mol. The van der Waals surface area contributed by atoms with Crippen LogP contribution in [0.4, 0.5) is 0 Å². The molecule has 0 atom stereocenters. The number of Topliss-reactive ketones (excluding diaryl/α,β-unsaturated/α-hetero) is 1. The van der Waals surface area contributed by atoms with Gasteiger partial charge in [0, 0.05) is 23.1 Å². The molecule has 15 heavy (non-hydrogen) atoms. The van der Waals surface area contributed by atoms with E-state index in [0.29, 0.717) is 5.78 Å². The van der Waals surface area contributed by atoms with Crippen molar-refractivity contribution in [1.82, 2.24) is 0 Å². The van der Waals surface area contributed by atoms with Gasteiger partial charge in [-0.25, -0.2) is 0 Å². The van der Waals surface area contributed by atoms with Crippen LogP contribution in [-0.4, -0.2) is 5.78 Å². The highest BCUT2D eigenvalue weighted by Gasteiger charge is 2.34. The van der Waals surface area contributed by atoms with Crippen molar-refractivity contribution in [1.29, 1.82) is 0 Å². The quantitative estimate of drug-likeness (QED) is 0.707. The highest BCUT2D eigenvalue weighted by Crippen LogP contribution is 2.42. The van der Waals surface area contributed by atoms with E-state index in [1.165, 1.54) is 16.0 Å². The number of ketones is 1. The van der Waals surface area contributed by atoms with Crippen LogP contribution in [0.2, 0.25) is 0 Å². The third-order valence-electron chi connectivity index (χ3n) is 3.75. The van der Waals surface area contributed by atoms with Crippen LogP contribution in [0.3, 0.4) is 0 Å². The monoisotopic (exact) mass is 222 g/mol. The first-order valence-electron chi connectivity index (χ1n) is 5.60. The second-order valence-electron chi connectivity index (χ2n) is 4.97. The Hall–Kier alpha value is -0.630. The van der Waals surface area contributed by atoms with Crippen LogP contribution in [0.5, 0.6) is 0 Å². The molecule has 82 valence electrons. The lowest BCUT2D eigenvalue weighted by Crippen LogP contribution is -2.28. The Morgan fingerprint density at radius 3 is 2.33 bits per heavy atom. The van der Waals surface area contributed by atoms with Crippen molar-refractivity contribution in [3.05, 3.63) is 21.4 Å². The summed E-state index contributed by atoms with van der Waals surface area (Å²) in [6, 6.07) is 0. The van der Waals surface area contributed by atoms with Gasteiger partial charge in [-0.3, -0.25) is 4.79 Å². The highest BCUT2D eigenvalue weighted by molar-refractivity contribution is 7.10. The third kappa shape index (κ3) is 1.87. The normalized spacial score (nSPS) is 20.6. The lowest BCUT2D eigenvalue weighted by Gasteiger charge is -2.33. The number of hydrogen-bond donors (Lipinski definition) is 0. The van der Waals surface area contributed by atoms with Crippen LogP contribution >= 0.6 is 11.3 Å². The fourth-order valence-corrected chi connectivity index (χ4v) is 3.70. The predicted molar refractivity (Wildman–Crippen MR) is 64.6 cm³/mol. The first-order chi connectivity index (χ1) is 7.03. The fraction of sp³-hybridized carbons (Fsp3) is 0.615. The molecule has 0 amide bonds. The van der Waals surface area contributed by atoms with Crippen molar-refractivity contribution < 1.29 is 4.79 Å². The van der Waals surface area contributed by atoms with Gasteiger partial charge in [-0.2, -0.15) is 0 Å². The van der Waals surface area contributed by atoms with Crippen LogP contribution < -0.4 is 0 Å². The average molecular weight is 222 g/mol. The van der Waals surface area contributed by atoms with Crippen LogP contribution in [0, 0.1) is 13.8 Å². The molecule has 2 heteroatoms. The summed E-state index contributed by atoms with van der Waals surface area (Å²) in [4.78, 5) is 12.8. The van der Waals surface area contributed by atoms with Crippen LogP contribution in [0.1, 0.15) is 48.6 Å². The summed E-state index contributed by atoms with van der Waals surface area (Å²) in [7, 11) is 0. The number of rotatable bonds is 1. The smallest absolute Gasteiger partial charge is 0.132 e. The standard InChI is InChI=1S/C13H18OS/c1-9-8-15-12(10(9)2)13(3)6-4-11(14)5-7-13/h8H,4-7H2,1-3H3. The van der Waals surface area contributed by atoms with E-state index in [4.69, 9.17) is 0 Å². The van der Waals surface area contributed by atoms with E-state index in [1.54, 1.807) is 0 Å². The molecule has 1 aromatic rings. The first-order valence-corrected chi connectivity index (χ1v) is 6.48. The van der Waals surface area contributed by atoms with Crippen LogP contribution in [-0.2, 0) is 10.2 Å². The molecular formula is C13H18OS. The first kappa shape index (κ1) is 10.9. The van der Waals surface area contributed by atoms with Gasteiger partial charge in [0.05, 0.1) is 0 Å². The minimum absolute atomic E-state index is 0.261. The van der Waals surface area contributed by atoms with E-state index >= 15 is 0 Å². The Morgan fingerprint density at radius 1 is 1.27 bits per heavy atom. The summed E-state index contributed by atoms with van der Waals surface area (Å²) >= 11 is 1.87. The average Bonchev–Trinajstić information content (AvgIpc) is 2.54. The molecule has 1 saturated carbocycles. The summed E-state index contributed by atoms with van der Waals surface area (Å²) in [5.74, 6) is 0.443. The van der Waals surface area contributed by atoms with Gasteiger partial charge < -0.3 is 0 Å². The van der Waals surface area contributed by atoms with E-state index in [2.05, 4.69) is 26.2 Å². The van der Waals surface area contributed by atoms with E-state index in [0.717, 1.165) is 25.7 Å². The van der Waals surface area contributed by atoms with Crippen LogP contribution in [0.15, 0.2) is 5.38 Å². The molecule has 0 radical (unpaired) electrons. The minimum atomic E-state index is 0.261. The molecule has 0 aliphatic heterocycles.